The summed E-state index contributed by atoms with van der Waals surface area (Å²) < 4.78 is 57.1. The fourth-order valence-electron chi connectivity index (χ4n) is 2.39. The van der Waals surface area contributed by atoms with Gasteiger partial charge in [0.25, 0.3) is 5.91 Å². The zero-order valence-corrected chi connectivity index (χ0v) is 13.9. The lowest BCUT2D eigenvalue weighted by Crippen LogP contribution is -2.29. The van der Waals surface area contributed by atoms with Crippen molar-refractivity contribution >= 4 is 5.91 Å². The maximum Gasteiger partial charge on any atom is 0.417 e. The average molecular weight is 379 g/mol. The van der Waals surface area contributed by atoms with Gasteiger partial charge in [-0.3, -0.25) is 4.79 Å². The van der Waals surface area contributed by atoms with Crippen LogP contribution < -0.4 is 5.32 Å². The van der Waals surface area contributed by atoms with Crippen LogP contribution in [-0.2, 0) is 6.18 Å². The predicted molar refractivity (Wildman–Crippen MR) is 87.0 cm³/mol. The van der Waals surface area contributed by atoms with Crippen LogP contribution >= 0.6 is 0 Å². The molecule has 5 nitrogen and oxygen atoms in total. The SMILES string of the molecule is CC(NC(=O)c1ccccc1C(F)(F)F)c1nc(-c2ccc(F)cc2)no1. The highest BCUT2D eigenvalue weighted by Crippen LogP contribution is 2.32. The van der Waals surface area contributed by atoms with Gasteiger partial charge in [-0.15, -0.1) is 0 Å². The highest BCUT2D eigenvalue weighted by molar-refractivity contribution is 5.96. The number of nitrogens with one attached hydrogen (secondary N) is 1. The zero-order valence-electron chi connectivity index (χ0n) is 13.9. The number of hydrogen-bond acceptors (Lipinski definition) is 4. The summed E-state index contributed by atoms with van der Waals surface area (Å²) in [6, 6.07) is 8.99. The Morgan fingerprint density at radius 2 is 1.78 bits per heavy atom. The van der Waals surface area contributed by atoms with Crippen LogP contribution in [0.15, 0.2) is 53.1 Å². The molecule has 1 heterocycles. The number of nitrogens with zero attached hydrogens (tertiary/aromatic N) is 2. The molecular formula is C18H13F4N3O2. The number of alkyl halides is 3. The molecule has 1 aromatic heterocycles. The van der Waals surface area contributed by atoms with Crippen LogP contribution in [0.25, 0.3) is 11.4 Å². The second-order valence-corrected chi connectivity index (χ2v) is 5.70. The largest absolute Gasteiger partial charge is 0.417 e. The van der Waals surface area contributed by atoms with Crippen molar-refractivity contribution < 1.29 is 26.9 Å². The molecule has 0 fully saturated rings. The number of rotatable bonds is 4. The lowest BCUT2D eigenvalue weighted by molar-refractivity contribution is -0.137. The first kappa shape index (κ1) is 18.6. The minimum atomic E-state index is -4.66. The molecule has 27 heavy (non-hydrogen) atoms. The number of aromatic nitrogens is 2. The quantitative estimate of drug-likeness (QED) is 0.683. The van der Waals surface area contributed by atoms with Gasteiger partial charge in [-0.05, 0) is 43.3 Å². The zero-order chi connectivity index (χ0) is 19.6. The molecule has 0 saturated carbocycles. The van der Waals surface area contributed by atoms with Crippen LogP contribution in [0.3, 0.4) is 0 Å². The third-order valence-electron chi connectivity index (χ3n) is 3.74. The second-order valence-electron chi connectivity index (χ2n) is 5.70. The molecule has 3 aromatic rings. The number of carbonyl (C=O) groups is 1. The van der Waals surface area contributed by atoms with Gasteiger partial charge in [-0.2, -0.15) is 18.2 Å². The van der Waals surface area contributed by atoms with Gasteiger partial charge in [-0.1, -0.05) is 17.3 Å². The number of benzene rings is 2. The fourth-order valence-corrected chi connectivity index (χ4v) is 2.39. The predicted octanol–water partition coefficient (Wildman–Crippen LogP) is 4.39. The van der Waals surface area contributed by atoms with Gasteiger partial charge in [-0.25, -0.2) is 4.39 Å². The van der Waals surface area contributed by atoms with E-state index in [0.717, 1.165) is 12.1 Å². The fraction of sp³-hybridized carbons (Fsp3) is 0.167. The van der Waals surface area contributed by atoms with Crippen LogP contribution in [0.1, 0.15) is 34.8 Å². The monoisotopic (exact) mass is 379 g/mol. The molecule has 0 aliphatic heterocycles. The van der Waals surface area contributed by atoms with Crippen molar-refractivity contribution in [1.82, 2.24) is 15.5 Å². The summed E-state index contributed by atoms with van der Waals surface area (Å²) in [5.74, 6) is -1.17. The van der Waals surface area contributed by atoms with E-state index >= 15 is 0 Å². The first-order valence-electron chi connectivity index (χ1n) is 7.82. The molecule has 3 rings (SSSR count). The Morgan fingerprint density at radius 3 is 2.44 bits per heavy atom. The van der Waals surface area contributed by atoms with Crippen molar-refractivity contribution in [3.63, 3.8) is 0 Å². The van der Waals surface area contributed by atoms with E-state index in [1.165, 1.54) is 43.3 Å². The van der Waals surface area contributed by atoms with Gasteiger partial charge >= 0.3 is 6.18 Å². The Bertz CT molecular complexity index is 952. The Kier molecular flexibility index (Phi) is 4.93. The molecule has 140 valence electrons. The molecular weight excluding hydrogens is 366 g/mol. The molecule has 0 radical (unpaired) electrons. The van der Waals surface area contributed by atoms with Gasteiger partial charge < -0.3 is 9.84 Å². The molecule has 1 amide bonds. The molecule has 0 bridgehead atoms. The molecule has 2 aromatic carbocycles. The van der Waals surface area contributed by atoms with E-state index in [-0.39, 0.29) is 11.7 Å². The number of hydrogen-bond donors (Lipinski definition) is 1. The smallest absolute Gasteiger partial charge is 0.340 e. The summed E-state index contributed by atoms with van der Waals surface area (Å²) >= 11 is 0. The second kappa shape index (κ2) is 7.18. The van der Waals surface area contributed by atoms with Crippen LogP contribution in [-0.4, -0.2) is 16.0 Å². The van der Waals surface area contributed by atoms with Gasteiger partial charge in [0.05, 0.1) is 11.1 Å². The number of carbonyl (C=O) groups excluding carboxylic acids is 1. The van der Waals surface area contributed by atoms with Crippen molar-refractivity contribution in [1.29, 1.82) is 0 Å². The molecule has 1 atom stereocenters. The topological polar surface area (TPSA) is 68.0 Å². The summed E-state index contributed by atoms with van der Waals surface area (Å²) in [4.78, 5) is 16.4. The molecule has 0 aliphatic rings. The third-order valence-corrected chi connectivity index (χ3v) is 3.74. The van der Waals surface area contributed by atoms with Crippen LogP contribution in [0.4, 0.5) is 17.6 Å². The van der Waals surface area contributed by atoms with Crippen LogP contribution in [0.5, 0.6) is 0 Å². The van der Waals surface area contributed by atoms with E-state index in [1.54, 1.807) is 0 Å². The van der Waals surface area contributed by atoms with Gasteiger partial charge in [0.15, 0.2) is 0 Å². The minimum absolute atomic E-state index is 0.00663. The van der Waals surface area contributed by atoms with Crippen molar-refractivity contribution in [3.8, 4) is 11.4 Å². The summed E-state index contributed by atoms with van der Waals surface area (Å²) in [5, 5.41) is 6.14. The van der Waals surface area contributed by atoms with E-state index in [4.69, 9.17) is 4.52 Å². The van der Waals surface area contributed by atoms with E-state index in [1.807, 2.05) is 0 Å². The van der Waals surface area contributed by atoms with E-state index in [0.29, 0.717) is 5.56 Å². The van der Waals surface area contributed by atoms with Crippen molar-refractivity contribution in [2.24, 2.45) is 0 Å². The minimum Gasteiger partial charge on any atom is -0.340 e. The Balaban J connectivity index is 1.77. The van der Waals surface area contributed by atoms with Gasteiger partial charge in [0.2, 0.25) is 11.7 Å². The average Bonchev–Trinajstić information content (AvgIpc) is 3.12. The Morgan fingerprint density at radius 1 is 1.11 bits per heavy atom. The van der Waals surface area contributed by atoms with Crippen molar-refractivity contribution in [3.05, 3.63) is 71.4 Å². The standard InChI is InChI=1S/C18H13F4N3O2/c1-10(17-24-15(25-27-17)11-6-8-12(19)9-7-11)23-16(26)13-4-2-3-5-14(13)18(20,21)22/h2-10H,1H3,(H,23,26). The number of halogens is 4. The first-order valence-corrected chi connectivity index (χ1v) is 7.82. The first-order chi connectivity index (χ1) is 12.8. The normalized spacial score (nSPS) is 12.6. The molecule has 1 N–H and O–H groups in total. The van der Waals surface area contributed by atoms with Crippen LogP contribution in [0, 0.1) is 5.82 Å². The molecule has 9 heteroatoms. The lowest BCUT2D eigenvalue weighted by atomic mass is 10.1. The van der Waals surface area contributed by atoms with E-state index in [9.17, 15) is 22.4 Å². The van der Waals surface area contributed by atoms with E-state index in [2.05, 4.69) is 15.5 Å². The third kappa shape index (κ3) is 4.13. The lowest BCUT2D eigenvalue weighted by Gasteiger charge is -2.14. The molecule has 0 aliphatic carbocycles. The molecule has 0 spiro atoms. The highest BCUT2D eigenvalue weighted by atomic mass is 19.4. The number of amides is 1. The van der Waals surface area contributed by atoms with Crippen molar-refractivity contribution in [2.45, 2.75) is 19.1 Å². The van der Waals surface area contributed by atoms with Crippen LogP contribution in [0.2, 0.25) is 0 Å². The van der Waals surface area contributed by atoms with Crippen molar-refractivity contribution in [2.75, 3.05) is 0 Å². The molecule has 0 saturated heterocycles. The summed E-state index contributed by atoms with van der Waals surface area (Å²) in [6.07, 6.45) is -4.66. The Labute approximate surface area is 151 Å². The summed E-state index contributed by atoms with van der Waals surface area (Å²) in [5.41, 5.74) is -1.05. The van der Waals surface area contributed by atoms with Gasteiger partial charge in [0.1, 0.15) is 11.9 Å². The maximum atomic E-state index is 13.0. The molecule has 1 unspecified atom stereocenters. The van der Waals surface area contributed by atoms with E-state index < -0.39 is 35.1 Å². The van der Waals surface area contributed by atoms with Gasteiger partial charge in [0, 0.05) is 5.56 Å². The highest BCUT2D eigenvalue weighted by Gasteiger charge is 2.35. The summed E-state index contributed by atoms with van der Waals surface area (Å²) in [7, 11) is 0. The summed E-state index contributed by atoms with van der Waals surface area (Å²) in [6.45, 7) is 1.50. The maximum absolute atomic E-state index is 13.0. The Hall–Kier alpha value is -3.23.